The van der Waals surface area contributed by atoms with Gasteiger partial charge >= 0.3 is 0 Å². The summed E-state index contributed by atoms with van der Waals surface area (Å²) in [7, 11) is 0. The maximum Gasteiger partial charge on any atom is 0.0812 e. The zero-order chi connectivity index (χ0) is 42.4. The van der Waals surface area contributed by atoms with Crippen LogP contribution in [0.15, 0.2) is 36.0 Å². The molecule has 59 heavy (non-hydrogen) atoms. The van der Waals surface area contributed by atoms with E-state index in [9.17, 15) is 0 Å². The minimum atomic E-state index is 0.149. The summed E-state index contributed by atoms with van der Waals surface area (Å²) in [6.07, 6.45) is 44.0. The Morgan fingerprint density at radius 1 is 0.678 bits per heavy atom. The van der Waals surface area contributed by atoms with Gasteiger partial charge in [0.05, 0.1) is 45.2 Å². The molecule has 0 radical (unpaired) electrons. The Balaban J connectivity index is 1.02. The van der Waals surface area contributed by atoms with Gasteiger partial charge in [-0.3, -0.25) is 0 Å². The van der Waals surface area contributed by atoms with E-state index in [1.54, 1.807) is 5.57 Å². The Bertz CT molecular complexity index is 1190. The van der Waals surface area contributed by atoms with E-state index in [0.717, 1.165) is 67.8 Å². The largest absolute Gasteiger partial charge is 0.379 e. The lowest BCUT2D eigenvalue weighted by Crippen LogP contribution is -2.51. The molecule has 0 aromatic heterocycles. The van der Waals surface area contributed by atoms with Crippen LogP contribution in [0.25, 0.3) is 0 Å². The van der Waals surface area contributed by atoms with Crippen molar-refractivity contribution in [1.29, 1.82) is 0 Å². The van der Waals surface area contributed by atoms with Crippen molar-refractivity contribution in [1.82, 2.24) is 0 Å². The Kier molecular flexibility index (Phi) is 24.0. The molecule has 342 valence electrons. The molecule has 4 rings (SSSR count). The van der Waals surface area contributed by atoms with Crippen LogP contribution < -0.4 is 0 Å². The van der Waals surface area contributed by atoms with Crippen LogP contribution in [-0.4, -0.2) is 51.8 Å². The predicted molar refractivity (Wildman–Crippen MR) is 253 cm³/mol. The summed E-state index contributed by atoms with van der Waals surface area (Å²) in [5, 5.41) is 0. The van der Waals surface area contributed by atoms with Gasteiger partial charge in [0.1, 0.15) is 0 Å². The molecule has 4 aliphatic rings. The molecule has 0 N–H and O–H groups in total. The average Bonchev–Trinajstić information content (AvgIpc) is 3.57. The molecule has 4 aliphatic carbocycles. The molecule has 0 bridgehead atoms. The zero-order valence-corrected chi connectivity index (χ0v) is 40.4. The van der Waals surface area contributed by atoms with E-state index >= 15 is 0 Å². The summed E-state index contributed by atoms with van der Waals surface area (Å²) in [5.74, 6) is 5.96. The number of unbranched alkanes of at least 4 members (excludes halogenated alkanes) is 9. The molecule has 0 aromatic carbocycles. The van der Waals surface area contributed by atoms with Gasteiger partial charge < -0.3 is 18.9 Å². The van der Waals surface area contributed by atoms with Crippen molar-refractivity contribution >= 4 is 0 Å². The van der Waals surface area contributed by atoms with Crippen LogP contribution >= 0.6 is 0 Å². The first kappa shape index (κ1) is 50.7. The molecule has 4 nitrogen and oxygen atoms in total. The maximum atomic E-state index is 6.48. The fraction of sp³-hybridized carbons (Fsp3) is 0.891. The van der Waals surface area contributed by atoms with Crippen molar-refractivity contribution in [2.75, 3.05) is 39.6 Å². The van der Waals surface area contributed by atoms with Gasteiger partial charge in [0, 0.05) is 6.61 Å². The summed E-state index contributed by atoms with van der Waals surface area (Å²) in [6, 6.07) is 0. The molecule has 3 fully saturated rings. The van der Waals surface area contributed by atoms with Crippen LogP contribution in [0, 0.1) is 52.3 Å². The van der Waals surface area contributed by atoms with Gasteiger partial charge in [0.2, 0.25) is 0 Å². The standard InChI is InChI=1S/C55H98O4/c1-9-10-11-12-13-14-15-16-17-18-19-20-21-22-23-24-36-57-43-49(41-45(4)5)59-40-38-56-37-39-58-48-32-34-54(7)47(42-48)28-29-50-52-31-30-51(46(6)27-25-26-44(2)3)55(52,8)35-33-53(50)54/h13-14,16-17,28,44-46,48-53H,9-12,15,18-27,29-43H2,1-8H3. The molecule has 3 saturated carbocycles. The quantitative estimate of drug-likeness (QED) is 0.0500. The summed E-state index contributed by atoms with van der Waals surface area (Å²) in [5.41, 5.74) is 2.68. The lowest BCUT2D eigenvalue weighted by atomic mass is 9.47. The van der Waals surface area contributed by atoms with E-state index in [1.165, 1.54) is 128 Å². The van der Waals surface area contributed by atoms with Gasteiger partial charge in [-0.1, -0.05) is 149 Å². The summed E-state index contributed by atoms with van der Waals surface area (Å²) < 4.78 is 24.9. The highest BCUT2D eigenvalue weighted by atomic mass is 16.6. The van der Waals surface area contributed by atoms with Gasteiger partial charge in [0.25, 0.3) is 0 Å². The number of fused-ring (bicyclic) bond motifs is 5. The lowest BCUT2D eigenvalue weighted by molar-refractivity contribution is -0.0727. The van der Waals surface area contributed by atoms with Gasteiger partial charge in [-0.05, 0) is 149 Å². The number of rotatable bonds is 32. The first-order valence-electron chi connectivity index (χ1n) is 26.0. The van der Waals surface area contributed by atoms with Crippen molar-refractivity contribution < 1.29 is 18.9 Å². The van der Waals surface area contributed by atoms with E-state index < -0.39 is 0 Å². The fourth-order valence-electron chi connectivity index (χ4n) is 12.6. The van der Waals surface area contributed by atoms with Crippen molar-refractivity contribution in [3.63, 3.8) is 0 Å². The van der Waals surface area contributed by atoms with Crippen molar-refractivity contribution in [3.8, 4) is 0 Å². The zero-order valence-electron chi connectivity index (χ0n) is 40.4. The Morgan fingerprint density at radius 2 is 1.41 bits per heavy atom. The van der Waals surface area contributed by atoms with Gasteiger partial charge in [-0.2, -0.15) is 0 Å². The molecular weight excluding hydrogens is 725 g/mol. The van der Waals surface area contributed by atoms with Crippen LogP contribution in [0.2, 0.25) is 0 Å². The number of hydrogen-bond donors (Lipinski definition) is 0. The maximum absolute atomic E-state index is 6.48. The fourth-order valence-corrected chi connectivity index (χ4v) is 12.6. The molecule has 0 aliphatic heterocycles. The van der Waals surface area contributed by atoms with E-state index in [4.69, 9.17) is 18.9 Å². The van der Waals surface area contributed by atoms with Crippen molar-refractivity contribution in [3.05, 3.63) is 36.0 Å². The highest BCUT2D eigenvalue weighted by Gasteiger charge is 2.59. The first-order valence-corrected chi connectivity index (χ1v) is 26.0. The molecular formula is C55H98O4. The van der Waals surface area contributed by atoms with Gasteiger partial charge in [0.15, 0.2) is 0 Å². The second-order valence-electron chi connectivity index (χ2n) is 21.4. The summed E-state index contributed by atoms with van der Waals surface area (Å²) in [6.45, 7) is 23.7. The topological polar surface area (TPSA) is 36.9 Å². The Morgan fingerprint density at radius 3 is 2.15 bits per heavy atom. The van der Waals surface area contributed by atoms with Crippen LogP contribution in [-0.2, 0) is 18.9 Å². The Hall–Kier alpha value is -0.940. The number of hydrogen-bond acceptors (Lipinski definition) is 4. The second-order valence-corrected chi connectivity index (χ2v) is 21.4. The van der Waals surface area contributed by atoms with Gasteiger partial charge in [-0.15, -0.1) is 0 Å². The molecule has 9 atom stereocenters. The predicted octanol–water partition coefficient (Wildman–Crippen LogP) is 15.7. The normalized spacial score (nSPS) is 29.3. The van der Waals surface area contributed by atoms with Crippen LogP contribution in [0.1, 0.15) is 209 Å². The molecule has 9 unspecified atom stereocenters. The first-order chi connectivity index (χ1) is 28.6. The Labute approximate surface area is 367 Å². The molecule has 0 saturated heterocycles. The minimum absolute atomic E-state index is 0.149. The SMILES string of the molecule is CCCCCC=CCC=CCCCCCCCCOCC(CC(C)C)OCCOCCOC1CCC2(C)C(=CCC3C2CCC2(C)C(C(C)CCCC(C)C)CCC32)C1. The third-order valence-electron chi connectivity index (χ3n) is 15.9. The van der Waals surface area contributed by atoms with E-state index in [-0.39, 0.29) is 6.10 Å². The van der Waals surface area contributed by atoms with Crippen LogP contribution in [0.5, 0.6) is 0 Å². The minimum Gasteiger partial charge on any atom is -0.379 e. The van der Waals surface area contributed by atoms with E-state index in [0.29, 0.717) is 55.9 Å². The third-order valence-corrected chi connectivity index (χ3v) is 15.9. The van der Waals surface area contributed by atoms with Gasteiger partial charge in [-0.25, -0.2) is 0 Å². The molecule has 0 heterocycles. The average molecular weight is 823 g/mol. The highest BCUT2D eigenvalue weighted by molar-refractivity contribution is 5.25. The molecule has 0 spiro atoms. The monoisotopic (exact) mass is 823 g/mol. The van der Waals surface area contributed by atoms with E-state index in [1.807, 2.05) is 0 Å². The highest BCUT2D eigenvalue weighted by Crippen LogP contribution is 2.67. The van der Waals surface area contributed by atoms with E-state index in [2.05, 4.69) is 85.8 Å². The summed E-state index contributed by atoms with van der Waals surface area (Å²) >= 11 is 0. The smallest absolute Gasteiger partial charge is 0.0812 e. The molecule has 0 amide bonds. The van der Waals surface area contributed by atoms with Crippen molar-refractivity contribution in [2.24, 2.45) is 52.3 Å². The van der Waals surface area contributed by atoms with Crippen LogP contribution in [0.4, 0.5) is 0 Å². The lowest BCUT2D eigenvalue weighted by Gasteiger charge is -2.58. The van der Waals surface area contributed by atoms with Crippen LogP contribution in [0.3, 0.4) is 0 Å². The number of allylic oxidation sites excluding steroid dienone is 5. The van der Waals surface area contributed by atoms with Crippen molar-refractivity contribution in [2.45, 2.75) is 222 Å². The summed E-state index contributed by atoms with van der Waals surface area (Å²) in [4.78, 5) is 0. The second kappa shape index (κ2) is 28.0. The number of ether oxygens (including phenoxy) is 4. The molecule has 4 heteroatoms. The third kappa shape index (κ3) is 16.9. The molecule has 0 aromatic rings.